The highest BCUT2D eigenvalue weighted by Gasteiger charge is 2.20. The van der Waals surface area contributed by atoms with E-state index in [1.807, 2.05) is 0 Å². The van der Waals surface area contributed by atoms with Gasteiger partial charge in [-0.3, -0.25) is 15.0 Å². The zero-order chi connectivity index (χ0) is 14.5. The summed E-state index contributed by atoms with van der Waals surface area (Å²) in [5.74, 6) is 0.466. The zero-order valence-corrected chi connectivity index (χ0v) is 11.0. The minimum absolute atomic E-state index is 0.0816. The van der Waals surface area contributed by atoms with E-state index in [2.05, 4.69) is 21.3 Å². The second kappa shape index (κ2) is 6.16. The van der Waals surface area contributed by atoms with Crippen LogP contribution in [0.2, 0.25) is 0 Å². The lowest BCUT2D eigenvalue weighted by Crippen LogP contribution is -2.39. The van der Waals surface area contributed by atoms with Crippen LogP contribution in [0, 0.1) is 21.4 Å². The number of nitrogens with one attached hydrogen (secondary N) is 1. The van der Waals surface area contributed by atoms with Gasteiger partial charge in [-0.15, -0.1) is 0 Å². The number of nitro groups is 1. The normalized spacial score (nSPS) is 16.6. The number of nitrogen functional groups attached to an aromatic ring is 1. The molecule has 2 heterocycles. The van der Waals surface area contributed by atoms with Crippen LogP contribution in [0.5, 0.6) is 0 Å². The molecule has 1 saturated heterocycles. The number of anilines is 2. The van der Waals surface area contributed by atoms with Crippen LogP contribution in [0.25, 0.3) is 0 Å². The van der Waals surface area contributed by atoms with E-state index in [0.29, 0.717) is 12.4 Å². The molecule has 0 unspecified atom stereocenters. The third kappa shape index (κ3) is 3.33. The van der Waals surface area contributed by atoms with E-state index in [-0.39, 0.29) is 17.5 Å². The SMILES string of the molecule is N#CCN1CCC(Nc2ccc([N+](=O)[O-])c(N)n2)CC1. The number of nitrogens with two attached hydrogens (primary N) is 1. The van der Waals surface area contributed by atoms with Gasteiger partial charge < -0.3 is 11.1 Å². The van der Waals surface area contributed by atoms with E-state index in [1.54, 1.807) is 6.07 Å². The van der Waals surface area contributed by atoms with Gasteiger partial charge in [-0.05, 0) is 18.9 Å². The molecule has 1 aromatic rings. The van der Waals surface area contributed by atoms with Gasteiger partial charge in [0.25, 0.3) is 0 Å². The molecule has 2 rings (SSSR count). The molecule has 0 atom stereocenters. The summed E-state index contributed by atoms with van der Waals surface area (Å²) in [4.78, 5) is 16.2. The van der Waals surface area contributed by atoms with E-state index >= 15 is 0 Å². The zero-order valence-electron chi connectivity index (χ0n) is 11.0. The van der Waals surface area contributed by atoms with Gasteiger partial charge in [0.1, 0.15) is 5.82 Å². The van der Waals surface area contributed by atoms with Crippen LogP contribution < -0.4 is 11.1 Å². The summed E-state index contributed by atoms with van der Waals surface area (Å²) in [7, 11) is 0. The second-order valence-corrected chi connectivity index (χ2v) is 4.71. The van der Waals surface area contributed by atoms with E-state index in [4.69, 9.17) is 11.0 Å². The molecule has 3 N–H and O–H groups in total. The van der Waals surface area contributed by atoms with E-state index in [9.17, 15) is 10.1 Å². The van der Waals surface area contributed by atoms with Crippen LogP contribution in [0.4, 0.5) is 17.3 Å². The van der Waals surface area contributed by atoms with Crippen molar-refractivity contribution in [1.82, 2.24) is 9.88 Å². The van der Waals surface area contributed by atoms with Crippen LogP contribution in [0.3, 0.4) is 0 Å². The number of nitriles is 1. The lowest BCUT2D eigenvalue weighted by Gasteiger charge is -2.30. The fourth-order valence-corrected chi connectivity index (χ4v) is 2.25. The maximum Gasteiger partial charge on any atom is 0.311 e. The molecule has 106 valence electrons. The Balaban J connectivity index is 1.93. The van der Waals surface area contributed by atoms with Gasteiger partial charge in [-0.25, -0.2) is 4.98 Å². The number of hydrogen-bond acceptors (Lipinski definition) is 7. The number of rotatable bonds is 4. The smallest absolute Gasteiger partial charge is 0.311 e. The van der Waals surface area contributed by atoms with E-state index in [0.717, 1.165) is 25.9 Å². The average Bonchev–Trinajstić information content (AvgIpc) is 2.41. The predicted molar refractivity (Wildman–Crippen MR) is 74.0 cm³/mol. The van der Waals surface area contributed by atoms with Crippen LogP contribution in [-0.4, -0.2) is 40.5 Å². The maximum atomic E-state index is 10.7. The molecule has 0 aromatic carbocycles. The Morgan fingerprint density at radius 2 is 2.25 bits per heavy atom. The first kappa shape index (κ1) is 14.0. The molecule has 0 amide bonds. The van der Waals surface area contributed by atoms with Crippen LogP contribution in [0.1, 0.15) is 12.8 Å². The highest BCUT2D eigenvalue weighted by molar-refractivity contribution is 5.57. The summed E-state index contributed by atoms with van der Waals surface area (Å²) >= 11 is 0. The van der Waals surface area contributed by atoms with Crippen molar-refractivity contribution in [2.24, 2.45) is 0 Å². The molecule has 8 nitrogen and oxygen atoms in total. The monoisotopic (exact) mass is 276 g/mol. The molecular formula is C12H16N6O2. The van der Waals surface area contributed by atoms with Gasteiger partial charge in [0, 0.05) is 25.2 Å². The van der Waals surface area contributed by atoms with Crippen molar-refractivity contribution in [1.29, 1.82) is 5.26 Å². The van der Waals surface area contributed by atoms with Gasteiger partial charge in [-0.1, -0.05) is 0 Å². The summed E-state index contributed by atoms with van der Waals surface area (Å²) in [6.45, 7) is 2.16. The maximum absolute atomic E-state index is 10.7. The average molecular weight is 276 g/mol. The Labute approximate surface area is 116 Å². The van der Waals surface area contributed by atoms with Crippen molar-refractivity contribution in [3.8, 4) is 6.07 Å². The van der Waals surface area contributed by atoms with Crippen molar-refractivity contribution in [2.75, 3.05) is 30.7 Å². The second-order valence-electron chi connectivity index (χ2n) is 4.71. The van der Waals surface area contributed by atoms with Crippen LogP contribution >= 0.6 is 0 Å². The van der Waals surface area contributed by atoms with Crippen molar-refractivity contribution in [2.45, 2.75) is 18.9 Å². The molecule has 1 fully saturated rings. The molecular weight excluding hydrogens is 260 g/mol. The van der Waals surface area contributed by atoms with Crippen molar-refractivity contribution in [3.63, 3.8) is 0 Å². The molecule has 0 aliphatic carbocycles. The summed E-state index contributed by atoms with van der Waals surface area (Å²) < 4.78 is 0. The van der Waals surface area contributed by atoms with Gasteiger partial charge in [0.05, 0.1) is 17.5 Å². The quantitative estimate of drug-likeness (QED) is 0.477. The van der Waals surface area contributed by atoms with E-state index in [1.165, 1.54) is 6.07 Å². The number of pyridine rings is 1. The summed E-state index contributed by atoms with van der Waals surface area (Å²) in [6.07, 6.45) is 1.81. The Bertz CT molecular complexity index is 533. The topological polar surface area (TPSA) is 121 Å². The molecule has 1 aliphatic rings. The molecule has 8 heteroatoms. The Morgan fingerprint density at radius 1 is 1.55 bits per heavy atom. The highest BCUT2D eigenvalue weighted by Crippen LogP contribution is 2.22. The number of aromatic nitrogens is 1. The van der Waals surface area contributed by atoms with Crippen LogP contribution in [0.15, 0.2) is 12.1 Å². The Morgan fingerprint density at radius 3 is 2.80 bits per heavy atom. The molecule has 0 spiro atoms. The third-order valence-electron chi connectivity index (χ3n) is 3.33. The summed E-state index contributed by atoms with van der Waals surface area (Å²) in [5.41, 5.74) is 5.37. The summed E-state index contributed by atoms with van der Waals surface area (Å²) in [5, 5.41) is 22.5. The first-order valence-corrected chi connectivity index (χ1v) is 6.37. The standard InChI is InChI=1S/C12H16N6O2/c13-5-8-17-6-3-9(4-7-17)15-11-2-1-10(18(19)20)12(14)16-11/h1-2,9H,3-4,6-8H2,(H3,14,15,16). The molecule has 1 aromatic heterocycles. The fourth-order valence-electron chi connectivity index (χ4n) is 2.25. The van der Waals surface area contributed by atoms with Crippen LogP contribution in [-0.2, 0) is 0 Å². The Hall–Kier alpha value is -2.40. The lowest BCUT2D eigenvalue weighted by atomic mass is 10.1. The minimum Gasteiger partial charge on any atom is -0.378 e. The lowest BCUT2D eigenvalue weighted by molar-refractivity contribution is -0.384. The first-order chi connectivity index (χ1) is 9.60. The number of nitrogens with zero attached hydrogens (tertiary/aromatic N) is 4. The van der Waals surface area contributed by atoms with E-state index < -0.39 is 4.92 Å². The summed E-state index contributed by atoms with van der Waals surface area (Å²) in [6, 6.07) is 5.31. The highest BCUT2D eigenvalue weighted by atomic mass is 16.6. The first-order valence-electron chi connectivity index (χ1n) is 6.37. The molecule has 20 heavy (non-hydrogen) atoms. The molecule has 0 radical (unpaired) electrons. The van der Waals surface area contributed by atoms with Crippen molar-refractivity contribution < 1.29 is 4.92 Å². The number of piperidine rings is 1. The van der Waals surface area contributed by atoms with Gasteiger partial charge in [0.15, 0.2) is 0 Å². The molecule has 0 bridgehead atoms. The van der Waals surface area contributed by atoms with Gasteiger partial charge in [-0.2, -0.15) is 5.26 Å². The predicted octanol–water partition coefficient (Wildman–Crippen LogP) is 0.972. The number of hydrogen-bond donors (Lipinski definition) is 2. The van der Waals surface area contributed by atoms with Gasteiger partial charge in [0.2, 0.25) is 5.82 Å². The molecule has 0 saturated carbocycles. The van der Waals surface area contributed by atoms with Gasteiger partial charge >= 0.3 is 5.69 Å². The fraction of sp³-hybridized carbons (Fsp3) is 0.500. The Kier molecular flexibility index (Phi) is 4.32. The third-order valence-corrected chi connectivity index (χ3v) is 3.33. The largest absolute Gasteiger partial charge is 0.378 e. The van der Waals surface area contributed by atoms with Crippen molar-refractivity contribution in [3.05, 3.63) is 22.2 Å². The molecule has 1 aliphatic heterocycles. The minimum atomic E-state index is -0.549. The van der Waals surface area contributed by atoms with Crippen molar-refractivity contribution >= 4 is 17.3 Å². The number of likely N-dealkylation sites (tertiary alicyclic amines) is 1.